The second-order valence-corrected chi connectivity index (χ2v) is 14.8. The molecule has 0 aromatic heterocycles. The van der Waals surface area contributed by atoms with Crippen LogP contribution in [0, 0.1) is 0 Å². The summed E-state index contributed by atoms with van der Waals surface area (Å²) in [5, 5.41) is 0. The van der Waals surface area contributed by atoms with Crippen LogP contribution in [-0.2, 0) is 5.41 Å². The molecule has 11 rings (SSSR count). The van der Waals surface area contributed by atoms with Gasteiger partial charge < -0.3 is 14.4 Å². The standard InChI is InChI=1S/C55H37NO2/c1-4-14-38(15-5-1)39-24-26-40(27-25-39)41-28-32-45(33-29-41)56(44-18-8-3-9-19-44)46-34-30-43(31-35-46)55(42-16-6-2-7-17-42)48-21-11-10-20-47(48)53-49(55)36-37-52-54(53)58-51-23-13-12-22-50(51)57-52/h1-37H. The molecule has 0 fully saturated rings. The predicted octanol–water partition coefficient (Wildman–Crippen LogP) is 14.8. The molecule has 3 nitrogen and oxygen atoms in total. The van der Waals surface area contributed by atoms with Gasteiger partial charge in [-0.2, -0.15) is 0 Å². The summed E-state index contributed by atoms with van der Waals surface area (Å²) in [5.74, 6) is 2.92. The lowest BCUT2D eigenvalue weighted by Gasteiger charge is -2.35. The number of para-hydroxylation sites is 3. The summed E-state index contributed by atoms with van der Waals surface area (Å²) < 4.78 is 13.2. The van der Waals surface area contributed by atoms with E-state index in [0.717, 1.165) is 51.2 Å². The Kier molecular flexibility index (Phi) is 8.04. The highest BCUT2D eigenvalue weighted by Crippen LogP contribution is 2.62. The van der Waals surface area contributed by atoms with Gasteiger partial charge in [-0.05, 0) is 105 Å². The molecule has 1 aliphatic heterocycles. The molecule has 0 spiro atoms. The Hall–Kier alpha value is -7.62. The van der Waals surface area contributed by atoms with Crippen molar-refractivity contribution in [2.75, 3.05) is 4.90 Å². The number of benzene rings is 9. The van der Waals surface area contributed by atoms with E-state index in [1.165, 1.54) is 44.5 Å². The van der Waals surface area contributed by atoms with Crippen LogP contribution in [0.3, 0.4) is 0 Å². The van der Waals surface area contributed by atoms with Crippen LogP contribution in [0.1, 0.15) is 22.3 Å². The first-order valence-electron chi connectivity index (χ1n) is 19.7. The molecule has 1 unspecified atom stereocenters. The molecule has 3 heteroatoms. The van der Waals surface area contributed by atoms with E-state index >= 15 is 0 Å². The summed E-state index contributed by atoms with van der Waals surface area (Å²) in [6, 6.07) is 79.8. The number of rotatable bonds is 7. The van der Waals surface area contributed by atoms with Crippen molar-refractivity contribution in [1.82, 2.24) is 0 Å². The van der Waals surface area contributed by atoms with Crippen LogP contribution in [-0.4, -0.2) is 0 Å². The highest BCUT2D eigenvalue weighted by atomic mass is 16.6. The van der Waals surface area contributed by atoms with Crippen LogP contribution >= 0.6 is 0 Å². The van der Waals surface area contributed by atoms with Gasteiger partial charge >= 0.3 is 0 Å². The summed E-state index contributed by atoms with van der Waals surface area (Å²) in [4.78, 5) is 2.33. The Morgan fingerprint density at radius 1 is 0.310 bits per heavy atom. The van der Waals surface area contributed by atoms with Gasteiger partial charge in [0.2, 0.25) is 0 Å². The Balaban J connectivity index is 1.01. The van der Waals surface area contributed by atoms with Gasteiger partial charge in [-0.15, -0.1) is 0 Å². The number of hydrogen-bond donors (Lipinski definition) is 0. The minimum absolute atomic E-state index is 0.601. The van der Waals surface area contributed by atoms with E-state index in [4.69, 9.17) is 9.47 Å². The molecule has 0 saturated heterocycles. The first-order valence-corrected chi connectivity index (χ1v) is 19.7. The van der Waals surface area contributed by atoms with Crippen LogP contribution in [0.2, 0.25) is 0 Å². The zero-order chi connectivity index (χ0) is 38.5. The molecule has 1 atom stereocenters. The molecule has 0 amide bonds. The number of fused-ring (bicyclic) bond motifs is 6. The van der Waals surface area contributed by atoms with Crippen LogP contribution in [0.4, 0.5) is 17.1 Å². The second-order valence-electron chi connectivity index (χ2n) is 14.8. The predicted molar refractivity (Wildman–Crippen MR) is 236 cm³/mol. The summed E-state index contributed by atoms with van der Waals surface area (Å²) in [6.07, 6.45) is 0. The van der Waals surface area contributed by atoms with Gasteiger partial charge in [0.05, 0.1) is 5.41 Å². The maximum atomic E-state index is 6.72. The summed E-state index contributed by atoms with van der Waals surface area (Å²) in [6.45, 7) is 0. The SMILES string of the molecule is c1ccc(-c2ccc(-c3ccc(N(c4ccccc4)c4ccc(C5(c6ccccc6)c6ccccc6-c6c5ccc5c6Oc6ccccc6O5)cc4)cc3)cc2)cc1. The topological polar surface area (TPSA) is 21.7 Å². The molecule has 2 aliphatic rings. The van der Waals surface area contributed by atoms with E-state index in [-0.39, 0.29) is 0 Å². The van der Waals surface area contributed by atoms with Gasteiger partial charge in [-0.3, -0.25) is 0 Å². The number of hydrogen-bond acceptors (Lipinski definition) is 3. The molecule has 0 radical (unpaired) electrons. The van der Waals surface area contributed by atoms with Gasteiger partial charge in [0.15, 0.2) is 23.0 Å². The third kappa shape index (κ3) is 5.43. The van der Waals surface area contributed by atoms with Crippen molar-refractivity contribution < 1.29 is 9.47 Å². The first kappa shape index (κ1) is 33.7. The Morgan fingerprint density at radius 2 is 0.776 bits per heavy atom. The summed E-state index contributed by atoms with van der Waals surface area (Å²) in [5.41, 5.74) is 14.4. The summed E-state index contributed by atoms with van der Waals surface area (Å²) in [7, 11) is 0. The molecule has 9 aromatic rings. The first-order chi connectivity index (χ1) is 28.8. The van der Waals surface area contributed by atoms with E-state index in [2.05, 4.69) is 205 Å². The fraction of sp³-hybridized carbons (Fsp3) is 0.0182. The lowest BCUT2D eigenvalue weighted by molar-refractivity contribution is 0.360. The third-order valence-corrected chi connectivity index (χ3v) is 11.6. The van der Waals surface area contributed by atoms with Gasteiger partial charge in [0.1, 0.15) is 0 Å². The molecule has 58 heavy (non-hydrogen) atoms. The smallest absolute Gasteiger partial charge is 0.178 e. The molecular formula is C55H37NO2. The van der Waals surface area contributed by atoms with Gasteiger partial charge in [-0.25, -0.2) is 0 Å². The van der Waals surface area contributed by atoms with E-state index in [1.807, 2.05) is 24.3 Å². The Labute approximate surface area is 338 Å². The van der Waals surface area contributed by atoms with E-state index in [9.17, 15) is 0 Å². The van der Waals surface area contributed by atoms with Gasteiger partial charge in [0.25, 0.3) is 0 Å². The fourth-order valence-corrected chi connectivity index (χ4v) is 9.00. The molecule has 274 valence electrons. The third-order valence-electron chi connectivity index (χ3n) is 11.6. The quantitative estimate of drug-likeness (QED) is 0.162. The van der Waals surface area contributed by atoms with Crippen LogP contribution in [0.15, 0.2) is 224 Å². The van der Waals surface area contributed by atoms with E-state index in [1.54, 1.807) is 0 Å². The minimum Gasteiger partial charge on any atom is -0.449 e. The van der Waals surface area contributed by atoms with Crippen molar-refractivity contribution in [3.63, 3.8) is 0 Å². The van der Waals surface area contributed by atoms with E-state index < -0.39 is 5.41 Å². The highest BCUT2D eigenvalue weighted by molar-refractivity contribution is 5.92. The lowest BCUT2D eigenvalue weighted by atomic mass is 9.67. The second kappa shape index (κ2) is 13.8. The number of nitrogens with zero attached hydrogens (tertiary/aromatic N) is 1. The van der Waals surface area contributed by atoms with Crippen molar-refractivity contribution in [3.05, 3.63) is 247 Å². The van der Waals surface area contributed by atoms with Crippen molar-refractivity contribution in [3.8, 4) is 56.4 Å². The van der Waals surface area contributed by atoms with Crippen LogP contribution < -0.4 is 14.4 Å². The molecule has 0 bridgehead atoms. The van der Waals surface area contributed by atoms with Gasteiger partial charge in [-0.1, -0.05) is 170 Å². The average Bonchev–Trinajstić information content (AvgIpc) is 3.61. The van der Waals surface area contributed by atoms with Crippen molar-refractivity contribution >= 4 is 17.1 Å². The summed E-state index contributed by atoms with van der Waals surface area (Å²) >= 11 is 0. The molecule has 9 aromatic carbocycles. The minimum atomic E-state index is -0.601. The van der Waals surface area contributed by atoms with Crippen molar-refractivity contribution in [2.45, 2.75) is 5.41 Å². The zero-order valence-corrected chi connectivity index (χ0v) is 31.6. The zero-order valence-electron chi connectivity index (χ0n) is 31.6. The maximum Gasteiger partial charge on any atom is 0.178 e. The number of anilines is 3. The fourth-order valence-electron chi connectivity index (χ4n) is 9.00. The van der Waals surface area contributed by atoms with Crippen molar-refractivity contribution in [1.29, 1.82) is 0 Å². The molecule has 0 saturated carbocycles. The highest BCUT2D eigenvalue weighted by Gasteiger charge is 2.48. The van der Waals surface area contributed by atoms with Gasteiger partial charge in [0, 0.05) is 22.6 Å². The normalized spacial score (nSPS) is 14.6. The average molecular weight is 744 g/mol. The molecule has 1 heterocycles. The molecule has 0 N–H and O–H groups in total. The molecule has 1 aliphatic carbocycles. The Bertz CT molecular complexity index is 2910. The lowest BCUT2D eigenvalue weighted by Crippen LogP contribution is -2.28. The monoisotopic (exact) mass is 743 g/mol. The Morgan fingerprint density at radius 3 is 1.43 bits per heavy atom. The largest absolute Gasteiger partial charge is 0.449 e. The van der Waals surface area contributed by atoms with Crippen molar-refractivity contribution in [2.24, 2.45) is 0 Å². The van der Waals surface area contributed by atoms with Crippen LogP contribution in [0.25, 0.3) is 33.4 Å². The number of ether oxygens (including phenoxy) is 2. The molecular weight excluding hydrogens is 707 g/mol. The van der Waals surface area contributed by atoms with Crippen LogP contribution in [0.5, 0.6) is 23.0 Å². The van der Waals surface area contributed by atoms with E-state index in [0.29, 0.717) is 0 Å². The maximum absolute atomic E-state index is 6.72.